The van der Waals surface area contributed by atoms with Crippen LogP contribution in [0.5, 0.6) is 5.75 Å². The van der Waals surface area contributed by atoms with Crippen molar-refractivity contribution in [1.82, 2.24) is 0 Å². The standard InChI is InChI=1S/C15H21ClO2/c1-3-4-5-6-7-10-18-15-9-8-13(16)11-14(15)12(2)17/h8-9,11H,3-7,10H2,1-2H3. The average Bonchev–Trinajstić information content (AvgIpc) is 2.35. The maximum atomic E-state index is 11.5. The van der Waals surface area contributed by atoms with E-state index in [0.717, 1.165) is 6.42 Å². The van der Waals surface area contributed by atoms with E-state index in [-0.39, 0.29) is 5.78 Å². The molecule has 1 aromatic carbocycles. The highest BCUT2D eigenvalue weighted by molar-refractivity contribution is 6.31. The maximum Gasteiger partial charge on any atom is 0.163 e. The monoisotopic (exact) mass is 268 g/mol. The van der Waals surface area contributed by atoms with Gasteiger partial charge in [0, 0.05) is 5.02 Å². The van der Waals surface area contributed by atoms with Crippen LogP contribution in [-0.2, 0) is 0 Å². The molecule has 1 aromatic rings. The molecule has 0 bridgehead atoms. The van der Waals surface area contributed by atoms with E-state index in [1.807, 2.05) is 0 Å². The number of hydrogen-bond donors (Lipinski definition) is 0. The molecule has 0 heterocycles. The lowest BCUT2D eigenvalue weighted by Crippen LogP contribution is -2.03. The second kappa shape index (κ2) is 8.15. The van der Waals surface area contributed by atoms with E-state index in [9.17, 15) is 4.79 Å². The van der Waals surface area contributed by atoms with E-state index in [1.165, 1.54) is 32.6 Å². The molecule has 0 N–H and O–H groups in total. The van der Waals surface area contributed by atoms with Crippen LogP contribution in [0.3, 0.4) is 0 Å². The minimum atomic E-state index is -0.0153. The molecule has 2 nitrogen and oxygen atoms in total. The molecule has 0 atom stereocenters. The van der Waals surface area contributed by atoms with E-state index in [1.54, 1.807) is 18.2 Å². The molecule has 0 unspecified atom stereocenters. The lowest BCUT2D eigenvalue weighted by Gasteiger charge is -2.10. The molecular weight excluding hydrogens is 248 g/mol. The highest BCUT2D eigenvalue weighted by Crippen LogP contribution is 2.23. The second-order valence-electron chi connectivity index (χ2n) is 4.46. The first-order valence-electron chi connectivity index (χ1n) is 6.58. The summed E-state index contributed by atoms with van der Waals surface area (Å²) in [7, 11) is 0. The SMILES string of the molecule is CCCCCCCOc1ccc(Cl)cc1C(C)=O. The lowest BCUT2D eigenvalue weighted by atomic mass is 10.1. The fourth-order valence-electron chi connectivity index (χ4n) is 1.79. The van der Waals surface area contributed by atoms with Crippen molar-refractivity contribution < 1.29 is 9.53 Å². The van der Waals surface area contributed by atoms with Crippen molar-refractivity contribution in [3.63, 3.8) is 0 Å². The Labute approximate surface area is 114 Å². The number of unbranched alkanes of at least 4 members (excludes halogenated alkanes) is 4. The molecule has 0 saturated carbocycles. The topological polar surface area (TPSA) is 26.3 Å². The van der Waals surface area contributed by atoms with E-state index >= 15 is 0 Å². The van der Waals surface area contributed by atoms with Crippen molar-refractivity contribution in [2.75, 3.05) is 6.61 Å². The van der Waals surface area contributed by atoms with Gasteiger partial charge in [0.15, 0.2) is 5.78 Å². The third-order valence-corrected chi connectivity index (χ3v) is 3.06. The first kappa shape index (κ1) is 15.0. The third-order valence-electron chi connectivity index (χ3n) is 2.83. The van der Waals surface area contributed by atoms with Crippen LogP contribution in [0.25, 0.3) is 0 Å². The number of carbonyl (C=O) groups is 1. The van der Waals surface area contributed by atoms with Crippen molar-refractivity contribution >= 4 is 17.4 Å². The van der Waals surface area contributed by atoms with Gasteiger partial charge in [-0.3, -0.25) is 4.79 Å². The smallest absolute Gasteiger partial charge is 0.163 e. The lowest BCUT2D eigenvalue weighted by molar-refractivity contribution is 0.101. The van der Waals surface area contributed by atoms with Crippen LogP contribution >= 0.6 is 11.6 Å². The Morgan fingerprint density at radius 2 is 1.94 bits per heavy atom. The fourth-order valence-corrected chi connectivity index (χ4v) is 1.96. The molecule has 1 rings (SSSR count). The van der Waals surface area contributed by atoms with Gasteiger partial charge in [0.25, 0.3) is 0 Å². The fraction of sp³-hybridized carbons (Fsp3) is 0.533. The summed E-state index contributed by atoms with van der Waals surface area (Å²) in [5.41, 5.74) is 0.566. The molecule has 0 aliphatic rings. The van der Waals surface area contributed by atoms with Crippen LogP contribution in [0.1, 0.15) is 56.3 Å². The van der Waals surface area contributed by atoms with Crippen molar-refractivity contribution in [1.29, 1.82) is 0 Å². The normalized spacial score (nSPS) is 10.4. The summed E-state index contributed by atoms with van der Waals surface area (Å²) in [6.07, 6.45) is 5.98. The van der Waals surface area contributed by atoms with Gasteiger partial charge in [-0.15, -0.1) is 0 Å². The van der Waals surface area contributed by atoms with Crippen molar-refractivity contribution in [2.24, 2.45) is 0 Å². The van der Waals surface area contributed by atoms with Crippen molar-refractivity contribution in [3.8, 4) is 5.75 Å². The zero-order valence-electron chi connectivity index (χ0n) is 11.2. The molecule has 0 aliphatic heterocycles. The van der Waals surface area contributed by atoms with Gasteiger partial charge in [0.2, 0.25) is 0 Å². The van der Waals surface area contributed by atoms with E-state index in [0.29, 0.717) is 22.9 Å². The summed E-state index contributed by atoms with van der Waals surface area (Å²) in [6.45, 7) is 4.38. The van der Waals surface area contributed by atoms with Gasteiger partial charge in [0.1, 0.15) is 5.75 Å². The Kier molecular flexibility index (Phi) is 6.81. The minimum absolute atomic E-state index is 0.0153. The first-order valence-corrected chi connectivity index (χ1v) is 6.96. The van der Waals surface area contributed by atoms with E-state index in [4.69, 9.17) is 16.3 Å². The van der Waals surface area contributed by atoms with E-state index in [2.05, 4.69) is 6.92 Å². The molecule has 0 fully saturated rings. The van der Waals surface area contributed by atoms with Crippen LogP contribution in [0.2, 0.25) is 5.02 Å². The second-order valence-corrected chi connectivity index (χ2v) is 4.90. The third kappa shape index (κ3) is 5.09. The number of rotatable bonds is 8. The van der Waals surface area contributed by atoms with E-state index < -0.39 is 0 Å². The summed E-state index contributed by atoms with van der Waals surface area (Å²) in [6, 6.07) is 5.18. The predicted molar refractivity (Wildman–Crippen MR) is 75.7 cm³/mol. The molecule has 0 aliphatic carbocycles. The van der Waals surface area contributed by atoms with Gasteiger partial charge < -0.3 is 4.74 Å². The quantitative estimate of drug-likeness (QED) is 0.495. The zero-order chi connectivity index (χ0) is 13.4. The van der Waals surface area contributed by atoms with Gasteiger partial charge >= 0.3 is 0 Å². The molecule has 100 valence electrons. The average molecular weight is 269 g/mol. The summed E-state index contributed by atoms with van der Waals surface area (Å²) in [4.78, 5) is 11.5. The molecule has 0 amide bonds. The number of carbonyl (C=O) groups excluding carboxylic acids is 1. The molecule has 0 aromatic heterocycles. The zero-order valence-corrected chi connectivity index (χ0v) is 11.9. The summed E-state index contributed by atoms with van der Waals surface area (Å²) < 4.78 is 5.65. The Morgan fingerprint density at radius 3 is 2.61 bits per heavy atom. The first-order chi connectivity index (χ1) is 8.65. The minimum Gasteiger partial charge on any atom is -0.493 e. The van der Waals surface area contributed by atoms with Gasteiger partial charge in [-0.25, -0.2) is 0 Å². The summed E-state index contributed by atoms with van der Waals surface area (Å²) >= 11 is 5.87. The Balaban J connectivity index is 2.44. The highest BCUT2D eigenvalue weighted by atomic mass is 35.5. The van der Waals surface area contributed by atoms with Gasteiger partial charge in [-0.2, -0.15) is 0 Å². The van der Waals surface area contributed by atoms with Crippen LogP contribution in [0.15, 0.2) is 18.2 Å². The van der Waals surface area contributed by atoms with Gasteiger partial charge in [-0.1, -0.05) is 44.2 Å². The number of hydrogen-bond acceptors (Lipinski definition) is 2. The molecule has 0 radical (unpaired) electrons. The Hall–Kier alpha value is -1.02. The van der Waals surface area contributed by atoms with Crippen molar-refractivity contribution in [3.05, 3.63) is 28.8 Å². The number of Topliss-reactive ketones (excluding diaryl/α,β-unsaturated/α-hetero) is 1. The molecule has 3 heteroatoms. The molecular formula is C15H21ClO2. The number of ketones is 1. The molecule has 18 heavy (non-hydrogen) atoms. The number of ether oxygens (including phenoxy) is 1. The molecule has 0 saturated heterocycles. The highest BCUT2D eigenvalue weighted by Gasteiger charge is 2.08. The van der Waals surface area contributed by atoms with Crippen LogP contribution in [-0.4, -0.2) is 12.4 Å². The Bertz CT molecular complexity index is 388. The van der Waals surface area contributed by atoms with Crippen LogP contribution < -0.4 is 4.74 Å². The van der Waals surface area contributed by atoms with Crippen LogP contribution in [0.4, 0.5) is 0 Å². The van der Waals surface area contributed by atoms with Gasteiger partial charge in [0.05, 0.1) is 12.2 Å². The van der Waals surface area contributed by atoms with Crippen LogP contribution in [0, 0.1) is 0 Å². The van der Waals surface area contributed by atoms with Crippen molar-refractivity contribution in [2.45, 2.75) is 46.0 Å². The summed E-state index contributed by atoms with van der Waals surface area (Å²) in [5.74, 6) is 0.626. The Morgan fingerprint density at radius 1 is 1.22 bits per heavy atom. The number of halogens is 1. The maximum absolute atomic E-state index is 11.5. The largest absolute Gasteiger partial charge is 0.493 e. The summed E-state index contributed by atoms with van der Waals surface area (Å²) in [5, 5.41) is 0.565. The predicted octanol–water partition coefficient (Wildman–Crippen LogP) is 4.89. The van der Waals surface area contributed by atoms with Gasteiger partial charge in [-0.05, 0) is 31.5 Å². The number of benzene rings is 1. The molecule has 0 spiro atoms.